The van der Waals surface area contributed by atoms with Crippen molar-refractivity contribution in [1.82, 2.24) is 15.1 Å². The zero-order chi connectivity index (χ0) is 17.5. The van der Waals surface area contributed by atoms with E-state index in [4.69, 9.17) is 4.74 Å². The van der Waals surface area contributed by atoms with Gasteiger partial charge < -0.3 is 19.9 Å². The van der Waals surface area contributed by atoms with Crippen LogP contribution in [0.25, 0.3) is 0 Å². The number of carbonyl (C=O) groups is 1. The van der Waals surface area contributed by atoms with Crippen LogP contribution in [-0.4, -0.2) is 61.7 Å². The predicted octanol–water partition coefficient (Wildman–Crippen LogP) is 1.81. The number of benzene rings is 1. The molecule has 0 unspecified atom stereocenters. The minimum absolute atomic E-state index is 0.133. The Morgan fingerprint density at radius 2 is 1.92 bits per heavy atom. The highest BCUT2D eigenvalue weighted by atomic mass is 19.1. The lowest BCUT2D eigenvalue weighted by Crippen LogP contribution is -2.53. The molecule has 1 aliphatic rings. The summed E-state index contributed by atoms with van der Waals surface area (Å²) in [5, 5.41) is 3.03. The van der Waals surface area contributed by atoms with Crippen LogP contribution in [-0.2, 0) is 11.3 Å². The van der Waals surface area contributed by atoms with Gasteiger partial charge in [-0.15, -0.1) is 0 Å². The zero-order valence-corrected chi connectivity index (χ0v) is 13.9. The maximum Gasteiger partial charge on any atom is 0.409 e. The second-order valence-electron chi connectivity index (χ2n) is 5.31. The van der Waals surface area contributed by atoms with E-state index in [2.05, 4.69) is 10.3 Å². The lowest BCUT2D eigenvalue weighted by atomic mass is 10.2. The van der Waals surface area contributed by atoms with Crippen molar-refractivity contribution in [3.8, 4) is 0 Å². The minimum Gasteiger partial charge on any atom is -0.450 e. The van der Waals surface area contributed by atoms with Gasteiger partial charge in [0, 0.05) is 45.3 Å². The second kappa shape index (κ2) is 8.47. The van der Waals surface area contributed by atoms with Crippen molar-refractivity contribution in [3.05, 3.63) is 35.4 Å². The van der Waals surface area contributed by atoms with Gasteiger partial charge in [-0.1, -0.05) is 0 Å². The fourth-order valence-electron chi connectivity index (χ4n) is 2.50. The van der Waals surface area contributed by atoms with Crippen LogP contribution in [0.2, 0.25) is 0 Å². The molecule has 0 spiro atoms. The average molecular weight is 340 g/mol. The van der Waals surface area contributed by atoms with Crippen molar-refractivity contribution >= 4 is 12.1 Å². The first-order valence-electron chi connectivity index (χ1n) is 7.86. The number of halogens is 2. The predicted molar refractivity (Wildman–Crippen MR) is 86.7 cm³/mol. The molecular formula is C16H22F2N4O2. The molecular weight excluding hydrogens is 318 g/mol. The molecule has 1 aromatic carbocycles. The number of amides is 1. The number of aliphatic imine (C=N–C) groups is 1. The first kappa shape index (κ1) is 18.0. The second-order valence-corrected chi connectivity index (χ2v) is 5.31. The number of hydrogen-bond donors (Lipinski definition) is 1. The van der Waals surface area contributed by atoms with Crippen LogP contribution >= 0.6 is 0 Å². The van der Waals surface area contributed by atoms with E-state index >= 15 is 0 Å². The molecule has 24 heavy (non-hydrogen) atoms. The number of nitrogens with zero attached hydrogens (tertiary/aromatic N) is 3. The van der Waals surface area contributed by atoms with Crippen LogP contribution in [0.4, 0.5) is 13.6 Å². The van der Waals surface area contributed by atoms with Gasteiger partial charge in [-0.25, -0.2) is 13.6 Å². The van der Waals surface area contributed by atoms with E-state index in [1.165, 1.54) is 0 Å². The van der Waals surface area contributed by atoms with Crippen LogP contribution in [0, 0.1) is 11.6 Å². The molecule has 1 aliphatic heterocycles. The highest BCUT2D eigenvalue weighted by molar-refractivity contribution is 5.80. The molecule has 0 saturated carbocycles. The number of nitrogens with one attached hydrogen (secondary N) is 1. The van der Waals surface area contributed by atoms with Crippen LogP contribution in [0.15, 0.2) is 23.2 Å². The third-order valence-corrected chi connectivity index (χ3v) is 3.76. The van der Waals surface area contributed by atoms with Gasteiger partial charge in [-0.2, -0.15) is 0 Å². The summed E-state index contributed by atoms with van der Waals surface area (Å²) in [6, 6.07) is 3.35. The van der Waals surface area contributed by atoms with Gasteiger partial charge in [0.15, 0.2) is 5.96 Å². The third kappa shape index (κ3) is 4.56. The van der Waals surface area contributed by atoms with Gasteiger partial charge in [-0.3, -0.25) is 4.99 Å². The SMILES string of the molecule is CCOC(=O)N1CCN(C(=NC)NCc2cc(F)ccc2F)CC1. The van der Waals surface area contributed by atoms with E-state index < -0.39 is 11.6 Å². The lowest BCUT2D eigenvalue weighted by molar-refractivity contribution is 0.0914. The maximum absolute atomic E-state index is 13.7. The lowest BCUT2D eigenvalue weighted by Gasteiger charge is -2.35. The third-order valence-electron chi connectivity index (χ3n) is 3.76. The summed E-state index contributed by atoms with van der Waals surface area (Å²) in [5.74, 6) is -0.361. The van der Waals surface area contributed by atoms with E-state index in [0.29, 0.717) is 38.7 Å². The molecule has 2 rings (SSSR count). The summed E-state index contributed by atoms with van der Waals surface area (Å²) in [6.45, 7) is 4.47. The molecule has 0 radical (unpaired) electrons. The number of piperazine rings is 1. The highest BCUT2D eigenvalue weighted by Gasteiger charge is 2.23. The maximum atomic E-state index is 13.7. The summed E-state index contributed by atoms with van der Waals surface area (Å²) >= 11 is 0. The molecule has 1 N–H and O–H groups in total. The van der Waals surface area contributed by atoms with E-state index in [1.807, 2.05) is 4.90 Å². The molecule has 0 aromatic heterocycles. The topological polar surface area (TPSA) is 57.2 Å². The number of guanidine groups is 1. The Labute approximate surface area is 140 Å². The number of carbonyl (C=O) groups excluding carboxylic acids is 1. The van der Waals surface area contributed by atoms with Gasteiger partial charge in [-0.05, 0) is 25.1 Å². The van der Waals surface area contributed by atoms with Crippen molar-refractivity contribution in [2.24, 2.45) is 4.99 Å². The van der Waals surface area contributed by atoms with Crippen molar-refractivity contribution in [1.29, 1.82) is 0 Å². The Hall–Kier alpha value is -2.38. The first-order valence-corrected chi connectivity index (χ1v) is 7.86. The molecule has 1 saturated heterocycles. The average Bonchev–Trinajstić information content (AvgIpc) is 2.59. The Balaban J connectivity index is 1.89. The van der Waals surface area contributed by atoms with Crippen molar-refractivity contribution in [3.63, 3.8) is 0 Å². The molecule has 1 amide bonds. The van der Waals surface area contributed by atoms with Crippen LogP contribution in [0.5, 0.6) is 0 Å². The normalized spacial score (nSPS) is 15.4. The molecule has 6 nitrogen and oxygen atoms in total. The molecule has 132 valence electrons. The Bertz CT molecular complexity index is 602. The Kier molecular flexibility index (Phi) is 6.34. The minimum atomic E-state index is -0.480. The molecule has 0 bridgehead atoms. The van der Waals surface area contributed by atoms with Crippen molar-refractivity contribution < 1.29 is 18.3 Å². The van der Waals surface area contributed by atoms with Gasteiger partial charge in [0.1, 0.15) is 11.6 Å². The van der Waals surface area contributed by atoms with E-state index in [0.717, 1.165) is 18.2 Å². The summed E-state index contributed by atoms with van der Waals surface area (Å²) in [7, 11) is 1.63. The standard InChI is InChI=1S/C16H22F2N4O2/c1-3-24-16(23)22-8-6-21(7-9-22)15(19-2)20-11-12-10-13(17)4-5-14(12)18/h4-5,10H,3,6-9,11H2,1-2H3,(H,19,20). The summed E-state index contributed by atoms with van der Waals surface area (Å²) in [4.78, 5) is 19.5. The van der Waals surface area contributed by atoms with Gasteiger partial charge in [0.05, 0.1) is 6.61 Å². The first-order chi connectivity index (χ1) is 11.5. The quantitative estimate of drug-likeness (QED) is 0.674. The Morgan fingerprint density at radius 3 is 2.54 bits per heavy atom. The smallest absolute Gasteiger partial charge is 0.409 e. The van der Waals surface area contributed by atoms with Crippen molar-refractivity contribution in [2.45, 2.75) is 13.5 Å². The number of rotatable bonds is 3. The van der Waals surface area contributed by atoms with Crippen molar-refractivity contribution in [2.75, 3.05) is 39.8 Å². The highest BCUT2D eigenvalue weighted by Crippen LogP contribution is 2.10. The van der Waals surface area contributed by atoms with Gasteiger partial charge >= 0.3 is 6.09 Å². The van der Waals surface area contributed by atoms with Crippen LogP contribution in [0.1, 0.15) is 12.5 Å². The number of ether oxygens (including phenoxy) is 1. The zero-order valence-electron chi connectivity index (χ0n) is 13.9. The van der Waals surface area contributed by atoms with E-state index in [-0.39, 0.29) is 18.2 Å². The fourth-order valence-corrected chi connectivity index (χ4v) is 2.50. The molecule has 1 fully saturated rings. The van der Waals surface area contributed by atoms with E-state index in [1.54, 1.807) is 18.9 Å². The molecule has 1 aromatic rings. The van der Waals surface area contributed by atoms with Crippen LogP contribution < -0.4 is 5.32 Å². The van der Waals surface area contributed by atoms with E-state index in [9.17, 15) is 13.6 Å². The summed E-state index contributed by atoms with van der Waals surface area (Å²) < 4.78 is 31.8. The summed E-state index contributed by atoms with van der Waals surface area (Å²) in [6.07, 6.45) is -0.318. The largest absolute Gasteiger partial charge is 0.450 e. The van der Waals surface area contributed by atoms with Gasteiger partial charge in [0.2, 0.25) is 0 Å². The molecule has 0 atom stereocenters. The molecule has 0 aliphatic carbocycles. The molecule has 1 heterocycles. The summed E-state index contributed by atoms with van der Waals surface area (Å²) in [5.41, 5.74) is 0.237. The Morgan fingerprint density at radius 1 is 1.25 bits per heavy atom. The number of hydrogen-bond acceptors (Lipinski definition) is 3. The van der Waals surface area contributed by atoms with Crippen LogP contribution in [0.3, 0.4) is 0 Å². The molecule has 8 heteroatoms. The monoisotopic (exact) mass is 340 g/mol. The fraction of sp³-hybridized carbons (Fsp3) is 0.500. The van der Waals surface area contributed by atoms with Gasteiger partial charge in [0.25, 0.3) is 0 Å².